The zero-order valence-electron chi connectivity index (χ0n) is 11.2. The molecule has 0 spiro atoms. The van der Waals surface area contributed by atoms with Crippen molar-refractivity contribution in [1.82, 2.24) is 10.6 Å². The number of rotatable bonds is 3. The topological polar surface area (TPSA) is 33.3 Å². The van der Waals surface area contributed by atoms with Crippen molar-refractivity contribution >= 4 is 12.4 Å². The Hall–Kier alpha value is -1.55. The lowest BCUT2D eigenvalue weighted by molar-refractivity contribution is 0.429. The molecule has 1 atom stereocenters. The van der Waals surface area contributed by atoms with Crippen LogP contribution < -0.4 is 15.4 Å². The Morgan fingerprint density at radius 2 is 1.55 bits per heavy atom. The van der Waals surface area contributed by atoms with Crippen molar-refractivity contribution in [2.24, 2.45) is 0 Å². The van der Waals surface area contributed by atoms with Crippen molar-refractivity contribution < 1.29 is 4.74 Å². The Morgan fingerprint density at radius 1 is 0.850 bits per heavy atom. The maximum absolute atomic E-state index is 5.78. The average molecular weight is 291 g/mol. The van der Waals surface area contributed by atoms with Gasteiger partial charge in [0, 0.05) is 25.7 Å². The minimum absolute atomic E-state index is 0. The molecule has 0 bridgehead atoms. The van der Waals surface area contributed by atoms with E-state index in [1.54, 1.807) is 0 Å². The summed E-state index contributed by atoms with van der Waals surface area (Å²) in [6.45, 7) is 3.05. The van der Waals surface area contributed by atoms with Gasteiger partial charge in [0.15, 0.2) is 0 Å². The average Bonchev–Trinajstić information content (AvgIpc) is 2.50. The monoisotopic (exact) mass is 290 g/mol. The van der Waals surface area contributed by atoms with Crippen LogP contribution in [0.3, 0.4) is 0 Å². The third-order valence-electron chi connectivity index (χ3n) is 3.30. The fourth-order valence-corrected chi connectivity index (χ4v) is 2.28. The second-order valence-electron chi connectivity index (χ2n) is 4.69. The first-order valence-corrected chi connectivity index (χ1v) is 6.69. The van der Waals surface area contributed by atoms with Crippen LogP contribution in [0.5, 0.6) is 11.5 Å². The number of para-hydroxylation sites is 1. The van der Waals surface area contributed by atoms with E-state index in [4.69, 9.17) is 4.74 Å². The molecule has 0 unspecified atom stereocenters. The molecule has 0 radical (unpaired) electrons. The highest BCUT2D eigenvalue weighted by Gasteiger charge is 2.13. The van der Waals surface area contributed by atoms with Gasteiger partial charge in [-0.2, -0.15) is 0 Å². The van der Waals surface area contributed by atoms with Gasteiger partial charge in [0.25, 0.3) is 0 Å². The predicted octanol–water partition coefficient (Wildman–Crippen LogP) is 3.13. The van der Waals surface area contributed by atoms with Gasteiger partial charge in [-0.05, 0) is 29.8 Å². The Kier molecular flexibility index (Phi) is 5.41. The van der Waals surface area contributed by atoms with Gasteiger partial charge in [0.05, 0.1) is 0 Å². The number of nitrogens with one attached hydrogen (secondary N) is 2. The summed E-state index contributed by atoms with van der Waals surface area (Å²) in [4.78, 5) is 0. The summed E-state index contributed by atoms with van der Waals surface area (Å²) in [5, 5.41) is 6.90. The maximum atomic E-state index is 5.78. The van der Waals surface area contributed by atoms with Crippen LogP contribution in [0, 0.1) is 0 Å². The molecule has 0 saturated carbocycles. The van der Waals surface area contributed by atoms with Crippen molar-refractivity contribution in [1.29, 1.82) is 0 Å². The van der Waals surface area contributed by atoms with Gasteiger partial charge < -0.3 is 15.4 Å². The Bertz CT molecular complexity index is 510. The van der Waals surface area contributed by atoms with Crippen LogP contribution in [-0.4, -0.2) is 19.6 Å². The highest BCUT2D eigenvalue weighted by Crippen LogP contribution is 2.23. The van der Waals surface area contributed by atoms with Crippen molar-refractivity contribution in [3.05, 3.63) is 60.2 Å². The Labute approximate surface area is 125 Å². The van der Waals surface area contributed by atoms with E-state index in [0.717, 1.165) is 31.1 Å². The molecular weight excluding hydrogens is 272 g/mol. The van der Waals surface area contributed by atoms with E-state index in [-0.39, 0.29) is 12.4 Å². The Morgan fingerprint density at radius 3 is 2.20 bits per heavy atom. The van der Waals surface area contributed by atoms with Gasteiger partial charge >= 0.3 is 0 Å². The maximum Gasteiger partial charge on any atom is 0.127 e. The minimum atomic E-state index is 0. The molecular formula is C16H19ClN2O. The van der Waals surface area contributed by atoms with Gasteiger partial charge in [0.1, 0.15) is 11.5 Å². The van der Waals surface area contributed by atoms with E-state index in [9.17, 15) is 0 Å². The van der Waals surface area contributed by atoms with E-state index < -0.39 is 0 Å². The van der Waals surface area contributed by atoms with E-state index in [2.05, 4.69) is 22.8 Å². The van der Waals surface area contributed by atoms with Crippen LogP contribution in [0.15, 0.2) is 54.6 Å². The molecule has 3 nitrogen and oxygen atoms in total. The van der Waals surface area contributed by atoms with Crippen molar-refractivity contribution in [3.8, 4) is 11.5 Å². The molecule has 2 aromatic rings. The van der Waals surface area contributed by atoms with Gasteiger partial charge in [-0.25, -0.2) is 0 Å². The predicted molar refractivity (Wildman–Crippen MR) is 83.8 cm³/mol. The zero-order chi connectivity index (χ0) is 12.9. The first-order valence-electron chi connectivity index (χ1n) is 6.69. The van der Waals surface area contributed by atoms with Crippen LogP contribution >= 0.6 is 12.4 Å². The molecule has 1 saturated heterocycles. The molecule has 1 aliphatic rings. The SMILES string of the molecule is Cl.c1ccc(Oc2ccc([C@H]3CNCCN3)cc2)cc1. The molecule has 1 heterocycles. The molecule has 2 N–H and O–H groups in total. The number of halogens is 1. The summed E-state index contributed by atoms with van der Waals surface area (Å²) in [5.74, 6) is 1.74. The third-order valence-corrected chi connectivity index (χ3v) is 3.30. The highest BCUT2D eigenvalue weighted by atomic mass is 35.5. The first-order chi connectivity index (χ1) is 9.42. The number of benzene rings is 2. The molecule has 4 heteroatoms. The molecule has 0 aromatic heterocycles. The lowest BCUT2D eigenvalue weighted by atomic mass is 10.1. The lowest BCUT2D eigenvalue weighted by Gasteiger charge is -2.24. The van der Waals surface area contributed by atoms with Crippen LogP contribution in [0.2, 0.25) is 0 Å². The standard InChI is InChI=1S/C16H18N2O.ClH/c1-2-4-14(5-3-1)19-15-8-6-13(7-9-15)16-12-17-10-11-18-16;/h1-9,16-18H,10-12H2;1H/t16-;/m1./s1. The number of hydrogen-bond donors (Lipinski definition) is 2. The molecule has 0 amide bonds. The summed E-state index contributed by atoms with van der Waals surface area (Å²) in [6, 6.07) is 18.6. The molecule has 2 aromatic carbocycles. The fourth-order valence-electron chi connectivity index (χ4n) is 2.28. The minimum Gasteiger partial charge on any atom is -0.457 e. The van der Waals surface area contributed by atoms with Crippen molar-refractivity contribution in [2.45, 2.75) is 6.04 Å². The molecule has 20 heavy (non-hydrogen) atoms. The van der Waals surface area contributed by atoms with Crippen LogP contribution in [0.25, 0.3) is 0 Å². The van der Waals surface area contributed by atoms with Crippen LogP contribution in [0.1, 0.15) is 11.6 Å². The smallest absolute Gasteiger partial charge is 0.127 e. The quantitative estimate of drug-likeness (QED) is 0.911. The highest BCUT2D eigenvalue weighted by molar-refractivity contribution is 5.85. The summed E-state index contributed by atoms with van der Waals surface area (Å²) in [5.41, 5.74) is 1.30. The van der Waals surface area contributed by atoms with E-state index in [1.807, 2.05) is 42.5 Å². The largest absolute Gasteiger partial charge is 0.457 e. The molecule has 0 aliphatic carbocycles. The summed E-state index contributed by atoms with van der Waals surface area (Å²) in [7, 11) is 0. The molecule has 1 fully saturated rings. The summed E-state index contributed by atoms with van der Waals surface area (Å²) >= 11 is 0. The van der Waals surface area contributed by atoms with Crippen molar-refractivity contribution in [2.75, 3.05) is 19.6 Å². The number of piperazine rings is 1. The fraction of sp³-hybridized carbons (Fsp3) is 0.250. The first kappa shape index (κ1) is 14.9. The second-order valence-corrected chi connectivity index (χ2v) is 4.69. The normalized spacial score (nSPS) is 18.1. The van der Waals surface area contributed by atoms with Gasteiger partial charge in [-0.15, -0.1) is 12.4 Å². The van der Waals surface area contributed by atoms with E-state index >= 15 is 0 Å². The van der Waals surface area contributed by atoms with Crippen LogP contribution in [0.4, 0.5) is 0 Å². The van der Waals surface area contributed by atoms with Gasteiger partial charge in [-0.3, -0.25) is 0 Å². The zero-order valence-corrected chi connectivity index (χ0v) is 12.0. The van der Waals surface area contributed by atoms with E-state index in [1.165, 1.54) is 5.56 Å². The molecule has 1 aliphatic heterocycles. The van der Waals surface area contributed by atoms with Crippen LogP contribution in [-0.2, 0) is 0 Å². The van der Waals surface area contributed by atoms with Gasteiger partial charge in [-0.1, -0.05) is 30.3 Å². The second kappa shape index (κ2) is 7.29. The van der Waals surface area contributed by atoms with E-state index in [0.29, 0.717) is 6.04 Å². The van der Waals surface area contributed by atoms with Crippen molar-refractivity contribution in [3.63, 3.8) is 0 Å². The number of ether oxygens (including phenoxy) is 1. The van der Waals surface area contributed by atoms with Gasteiger partial charge in [0.2, 0.25) is 0 Å². The third kappa shape index (κ3) is 3.73. The lowest BCUT2D eigenvalue weighted by Crippen LogP contribution is -2.42. The summed E-state index contributed by atoms with van der Waals surface area (Å²) in [6.07, 6.45) is 0. The summed E-state index contributed by atoms with van der Waals surface area (Å²) < 4.78 is 5.78. The Balaban J connectivity index is 0.00000147. The number of hydrogen-bond acceptors (Lipinski definition) is 3. The molecule has 3 rings (SSSR count). The molecule has 106 valence electrons.